The van der Waals surface area contributed by atoms with Gasteiger partial charge in [-0.2, -0.15) is 0 Å². The predicted molar refractivity (Wildman–Crippen MR) is 139 cm³/mol. The minimum absolute atomic E-state index is 0.258. The fourth-order valence-corrected chi connectivity index (χ4v) is 4.40. The fourth-order valence-electron chi connectivity index (χ4n) is 3.18. The molecule has 1 fully saturated rings. The summed E-state index contributed by atoms with van der Waals surface area (Å²) in [6.07, 6.45) is 1.62. The second-order valence-electron chi connectivity index (χ2n) is 7.37. The molecule has 1 aliphatic heterocycles. The quantitative estimate of drug-likeness (QED) is 0.275. The third kappa shape index (κ3) is 6.74. The van der Waals surface area contributed by atoms with Crippen LogP contribution in [0.15, 0.2) is 88.2 Å². The average Bonchev–Trinajstić information content (AvgIpc) is 3.12. The summed E-state index contributed by atoms with van der Waals surface area (Å²) in [6, 6.07) is 23.7. The van der Waals surface area contributed by atoms with E-state index in [-0.39, 0.29) is 11.4 Å². The van der Waals surface area contributed by atoms with Crippen LogP contribution in [-0.4, -0.2) is 41.7 Å². The van der Waals surface area contributed by atoms with Crippen molar-refractivity contribution in [3.05, 3.63) is 93.8 Å². The second-order valence-corrected chi connectivity index (χ2v) is 9.22. The van der Waals surface area contributed by atoms with E-state index in [0.717, 1.165) is 28.0 Å². The molecule has 0 atom stereocenters. The molecule has 0 radical (unpaired) electrons. The zero-order valence-corrected chi connectivity index (χ0v) is 20.9. The molecular formula is C26H21BrN2O5S. The Balaban J connectivity index is 1.29. The highest BCUT2D eigenvalue weighted by molar-refractivity contribution is 9.10. The molecular weight excluding hydrogens is 532 g/mol. The Morgan fingerprint density at radius 2 is 1.51 bits per heavy atom. The summed E-state index contributed by atoms with van der Waals surface area (Å²) >= 11 is 4.16. The maximum atomic E-state index is 12.7. The molecule has 0 aromatic heterocycles. The molecule has 0 saturated carbocycles. The number of amides is 3. The minimum Gasteiger partial charge on any atom is -0.490 e. The fraction of sp³-hybridized carbons (Fsp3) is 0.115. The Bertz CT molecular complexity index is 1250. The van der Waals surface area contributed by atoms with Gasteiger partial charge in [0.25, 0.3) is 11.1 Å². The molecule has 1 aliphatic rings. The first-order valence-electron chi connectivity index (χ1n) is 10.7. The number of nitrogens with zero attached hydrogens (tertiary/aromatic N) is 1. The molecule has 0 bridgehead atoms. The number of nitrogens with one attached hydrogen (secondary N) is 1. The van der Waals surface area contributed by atoms with Crippen molar-refractivity contribution in [1.29, 1.82) is 0 Å². The first-order chi connectivity index (χ1) is 17.0. The highest BCUT2D eigenvalue weighted by atomic mass is 79.9. The van der Waals surface area contributed by atoms with E-state index in [1.807, 2.05) is 36.4 Å². The van der Waals surface area contributed by atoms with Gasteiger partial charge in [0.2, 0.25) is 5.91 Å². The molecule has 3 aromatic carbocycles. The number of hydrogen-bond acceptors (Lipinski definition) is 6. The van der Waals surface area contributed by atoms with E-state index in [1.54, 1.807) is 48.5 Å². The lowest BCUT2D eigenvalue weighted by atomic mass is 10.2. The Kier molecular flexibility index (Phi) is 8.23. The van der Waals surface area contributed by atoms with E-state index in [2.05, 4.69) is 21.2 Å². The van der Waals surface area contributed by atoms with Crippen LogP contribution in [0.25, 0.3) is 6.08 Å². The van der Waals surface area contributed by atoms with Gasteiger partial charge in [0.05, 0.1) is 10.6 Å². The van der Waals surface area contributed by atoms with E-state index in [9.17, 15) is 14.4 Å². The lowest BCUT2D eigenvalue weighted by Crippen LogP contribution is -2.36. The molecule has 35 heavy (non-hydrogen) atoms. The molecule has 1 N–H and O–H groups in total. The van der Waals surface area contributed by atoms with Crippen LogP contribution in [0.4, 0.5) is 10.5 Å². The topological polar surface area (TPSA) is 84.9 Å². The summed E-state index contributed by atoms with van der Waals surface area (Å²) in [5, 5.41) is 2.21. The average molecular weight is 553 g/mol. The van der Waals surface area contributed by atoms with Crippen LogP contribution in [0.2, 0.25) is 0 Å². The number of rotatable bonds is 9. The largest absolute Gasteiger partial charge is 0.490 e. The summed E-state index contributed by atoms with van der Waals surface area (Å²) in [4.78, 5) is 38.6. The van der Waals surface area contributed by atoms with Gasteiger partial charge in [0, 0.05) is 4.47 Å². The van der Waals surface area contributed by atoms with Crippen molar-refractivity contribution in [3.8, 4) is 11.5 Å². The van der Waals surface area contributed by atoms with Gasteiger partial charge < -0.3 is 14.8 Å². The second kappa shape index (κ2) is 11.7. The normalized spacial score (nSPS) is 14.3. The molecule has 9 heteroatoms. The third-order valence-corrected chi connectivity index (χ3v) is 6.46. The summed E-state index contributed by atoms with van der Waals surface area (Å²) < 4.78 is 12.0. The summed E-state index contributed by atoms with van der Waals surface area (Å²) in [5.74, 6) is 0.486. The van der Waals surface area contributed by atoms with Gasteiger partial charge in [-0.05, 0) is 75.7 Å². The van der Waals surface area contributed by atoms with Crippen LogP contribution >= 0.6 is 27.7 Å². The molecule has 3 amide bonds. The van der Waals surface area contributed by atoms with Crippen molar-refractivity contribution in [2.45, 2.75) is 0 Å². The standard InChI is InChI=1S/C26H21BrN2O5S/c27-21-8-4-5-9-22(21)28-24(30)17-29-25(31)23(35-26(29)32)16-18-10-12-20(13-11-18)34-15-14-33-19-6-2-1-3-7-19/h1-13,16H,14-15,17H2,(H,28,30)/b23-16+. The van der Waals surface area contributed by atoms with E-state index in [4.69, 9.17) is 9.47 Å². The van der Waals surface area contributed by atoms with Crippen molar-refractivity contribution in [2.75, 3.05) is 25.1 Å². The molecule has 0 aliphatic carbocycles. The van der Waals surface area contributed by atoms with Crippen molar-refractivity contribution in [2.24, 2.45) is 0 Å². The number of para-hydroxylation sites is 2. The van der Waals surface area contributed by atoms with Gasteiger partial charge in [-0.3, -0.25) is 19.3 Å². The molecule has 7 nitrogen and oxygen atoms in total. The SMILES string of the molecule is O=C(CN1C(=O)S/C(=C/c2ccc(OCCOc3ccccc3)cc2)C1=O)Nc1ccccc1Br. The van der Waals surface area contributed by atoms with Crippen LogP contribution in [0.5, 0.6) is 11.5 Å². The van der Waals surface area contributed by atoms with Gasteiger partial charge >= 0.3 is 0 Å². The zero-order chi connectivity index (χ0) is 24.6. The lowest BCUT2D eigenvalue weighted by molar-refractivity contribution is -0.127. The molecule has 0 unspecified atom stereocenters. The zero-order valence-electron chi connectivity index (χ0n) is 18.5. The smallest absolute Gasteiger partial charge is 0.294 e. The number of thioether (sulfide) groups is 1. The maximum absolute atomic E-state index is 12.7. The third-order valence-electron chi connectivity index (χ3n) is 4.87. The molecule has 3 aromatic rings. The lowest BCUT2D eigenvalue weighted by Gasteiger charge is -2.13. The van der Waals surface area contributed by atoms with Crippen LogP contribution in [-0.2, 0) is 9.59 Å². The highest BCUT2D eigenvalue weighted by Crippen LogP contribution is 2.32. The number of benzene rings is 3. The van der Waals surface area contributed by atoms with Gasteiger partial charge in [0.1, 0.15) is 31.3 Å². The van der Waals surface area contributed by atoms with Crippen molar-refractivity contribution >= 4 is 56.5 Å². The minimum atomic E-state index is -0.499. The Hall–Kier alpha value is -3.56. The first kappa shape index (κ1) is 24.6. The van der Waals surface area contributed by atoms with E-state index < -0.39 is 17.1 Å². The number of ether oxygens (including phenoxy) is 2. The van der Waals surface area contributed by atoms with Crippen molar-refractivity contribution < 1.29 is 23.9 Å². The molecule has 178 valence electrons. The van der Waals surface area contributed by atoms with Crippen LogP contribution < -0.4 is 14.8 Å². The number of anilines is 1. The van der Waals surface area contributed by atoms with Crippen LogP contribution in [0.3, 0.4) is 0 Å². The van der Waals surface area contributed by atoms with E-state index in [0.29, 0.717) is 29.1 Å². The Morgan fingerprint density at radius 1 is 0.886 bits per heavy atom. The van der Waals surface area contributed by atoms with E-state index in [1.165, 1.54) is 0 Å². The summed E-state index contributed by atoms with van der Waals surface area (Å²) in [6.45, 7) is 0.434. The maximum Gasteiger partial charge on any atom is 0.294 e. The van der Waals surface area contributed by atoms with Crippen LogP contribution in [0.1, 0.15) is 5.56 Å². The number of hydrogen-bond donors (Lipinski definition) is 1. The molecule has 4 rings (SSSR count). The molecule has 1 saturated heterocycles. The van der Waals surface area contributed by atoms with Crippen molar-refractivity contribution in [1.82, 2.24) is 4.90 Å². The Morgan fingerprint density at radius 3 is 2.20 bits per heavy atom. The summed E-state index contributed by atoms with van der Waals surface area (Å²) in [7, 11) is 0. The summed E-state index contributed by atoms with van der Waals surface area (Å²) in [5.41, 5.74) is 1.30. The molecule has 0 spiro atoms. The van der Waals surface area contributed by atoms with E-state index >= 15 is 0 Å². The van der Waals surface area contributed by atoms with Crippen LogP contribution in [0, 0.1) is 0 Å². The predicted octanol–water partition coefficient (Wildman–Crippen LogP) is 5.58. The Labute approximate surface area is 215 Å². The number of imide groups is 1. The van der Waals surface area contributed by atoms with Gasteiger partial charge in [-0.1, -0.05) is 42.5 Å². The first-order valence-corrected chi connectivity index (χ1v) is 12.3. The van der Waals surface area contributed by atoms with Gasteiger partial charge in [0.15, 0.2) is 0 Å². The van der Waals surface area contributed by atoms with Gasteiger partial charge in [-0.25, -0.2) is 0 Å². The monoisotopic (exact) mass is 552 g/mol. The van der Waals surface area contributed by atoms with Crippen molar-refractivity contribution in [3.63, 3.8) is 0 Å². The number of carbonyl (C=O) groups is 3. The highest BCUT2D eigenvalue weighted by Gasteiger charge is 2.36. The molecule has 1 heterocycles. The number of carbonyl (C=O) groups excluding carboxylic acids is 3. The van der Waals surface area contributed by atoms with Gasteiger partial charge in [-0.15, -0.1) is 0 Å². The number of halogens is 1.